The number of hydrogen-bond acceptors (Lipinski definition) is 7. The van der Waals surface area contributed by atoms with Gasteiger partial charge in [0.25, 0.3) is 0 Å². The summed E-state index contributed by atoms with van der Waals surface area (Å²) < 4.78 is 7.29. The van der Waals surface area contributed by atoms with Gasteiger partial charge in [0.05, 0.1) is 11.1 Å². The van der Waals surface area contributed by atoms with Crippen LogP contribution in [-0.2, 0) is 6.54 Å². The number of benzene rings is 1. The predicted molar refractivity (Wildman–Crippen MR) is 111 cm³/mol. The van der Waals surface area contributed by atoms with E-state index in [1.54, 1.807) is 6.26 Å². The molecule has 1 aromatic carbocycles. The maximum atomic E-state index is 10.8. The number of nitrogens with zero attached hydrogens (tertiary/aromatic N) is 5. The number of furan rings is 1. The van der Waals surface area contributed by atoms with Gasteiger partial charge in [-0.2, -0.15) is 4.52 Å². The fourth-order valence-corrected chi connectivity index (χ4v) is 5.11. The summed E-state index contributed by atoms with van der Waals surface area (Å²) >= 11 is 1.47. The minimum atomic E-state index is -0.141. The molecule has 1 N–H and O–H groups in total. The number of piperazine rings is 1. The smallest absolute Gasteiger partial charge is 0.230 e. The largest absolute Gasteiger partial charge is 0.492 e. The predicted octanol–water partition coefficient (Wildman–Crippen LogP) is 3.31. The van der Waals surface area contributed by atoms with Crippen LogP contribution in [0, 0.1) is 6.92 Å². The number of fused-ring (bicyclic) bond motifs is 1. The van der Waals surface area contributed by atoms with Crippen molar-refractivity contribution in [3.63, 3.8) is 0 Å². The summed E-state index contributed by atoms with van der Waals surface area (Å²) in [4.78, 5) is 10.8. The number of aromatic nitrogens is 3. The minimum absolute atomic E-state index is 0.141. The van der Waals surface area contributed by atoms with Crippen LogP contribution in [0.15, 0.2) is 53.1 Å². The topological polar surface area (TPSA) is 70.0 Å². The molecule has 3 aromatic heterocycles. The minimum Gasteiger partial charge on any atom is -0.492 e. The Hall–Kier alpha value is -2.68. The average Bonchev–Trinajstić information content (AvgIpc) is 3.44. The monoisotopic (exact) mass is 409 g/mol. The van der Waals surface area contributed by atoms with Gasteiger partial charge in [-0.05, 0) is 24.6 Å². The summed E-state index contributed by atoms with van der Waals surface area (Å²) in [5.41, 5.74) is 1.34. The Morgan fingerprint density at radius 1 is 1.10 bits per heavy atom. The molecule has 0 radical (unpaired) electrons. The summed E-state index contributed by atoms with van der Waals surface area (Å²) in [6, 6.07) is 14.3. The third-order valence-corrected chi connectivity index (χ3v) is 6.46. The van der Waals surface area contributed by atoms with E-state index in [4.69, 9.17) is 4.42 Å². The van der Waals surface area contributed by atoms with Gasteiger partial charge < -0.3 is 9.52 Å². The SMILES string of the molecule is Cc1nc2sc(C(c3ccco3)N3CCN(Cc4ccccc4)CC3)c(O)n2n1. The van der Waals surface area contributed by atoms with Crippen LogP contribution in [0.25, 0.3) is 4.96 Å². The molecule has 1 aliphatic heterocycles. The van der Waals surface area contributed by atoms with E-state index in [0.717, 1.165) is 43.4 Å². The van der Waals surface area contributed by atoms with Gasteiger partial charge in [-0.15, -0.1) is 5.10 Å². The van der Waals surface area contributed by atoms with Crippen LogP contribution >= 0.6 is 11.3 Å². The Bertz CT molecular complexity index is 1080. The van der Waals surface area contributed by atoms with E-state index in [0.29, 0.717) is 10.8 Å². The molecule has 0 aliphatic carbocycles. The van der Waals surface area contributed by atoms with Crippen LogP contribution in [0.1, 0.15) is 28.1 Å². The van der Waals surface area contributed by atoms with Crippen molar-refractivity contribution in [2.75, 3.05) is 26.2 Å². The lowest BCUT2D eigenvalue weighted by molar-refractivity contribution is 0.0970. The number of thiazole rings is 1. The van der Waals surface area contributed by atoms with E-state index >= 15 is 0 Å². The molecule has 1 atom stereocenters. The Labute approximate surface area is 172 Å². The second-order valence-corrected chi connectivity index (χ2v) is 8.37. The van der Waals surface area contributed by atoms with Gasteiger partial charge in [0.2, 0.25) is 10.8 Å². The molecule has 0 amide bonds. The number of aromatic hydroxyl groups is 1. The first-order valence-electron chi connectivity index (χ1n) is 9.78. The number of rotatable bonds is 5. The van der Waals surface area contributed by atoms with E-state index < -0.39 is 0 Å². The molecule has 1 aliphatic rings. The van der Waals surface area contributed by atoms with Crippen molar-refractivity contribution >= 4 is 16.3 Å². The molecule has 0 saturated carbocycles. The van der Waals surface area contributed by atoms with Crippen LogP contribution in [0.3, 0.4) is 0 Å². The van der Waals surface area contributed by atoms with Gasteiger partial charge in [0, 0.05) is 32.7 Å². The second-order valence-electron chi connectivity index (χ2n) is 7.36. The summed E-state index contributed by atoms with van der Waals surface area (Å²) in [7, 11) is 0. The van der Waals surface area contributed by atoms with E-state index in [1.807, 2.05) is 19.1 Å². The van der Waals surface area contributed by atoms with Crippen molar-refractivity contribution < 1.29 is 9.52 Å². The van der Waals surface area contributed by atoms with Gasteiger partial charge in [-0.1, -0.05) is 41.7 Å². The van der Waals surface area contributed by atoms with Crippen molar-refractivity contribution in [3.8, 4) is 5.88 Å². The highest BCUT2D eigenvalue weighted by Crippen LogP contribution is 2.40. The highest BCUT2D eigenvalue weighted by molar-refractivity contribution is 7.17. The first-order chi connectivity index (χ1) is 14.2. The molecule has 1 saturated heterocycles. The second kappa shape index (κ2) is 7.62. The molecule has 4 aromatic rings. The molecule has 1 fully saturated rings. The van der Waals surface area contributed by atoms with Crippen LogP contribution in [0.5, 0.6) is 5.88 Å². The zero-order chi connectivity index (χ0) is 19.8. The molecule has 150 valence electrons. The number of hydrogen-bond donors (Lipinski definition) is 1. The lowest BCUT2D eigenvalue weighted by atomic mass is 10.1. The molecular weight excluding hydrogens is 386 g/mol. The zero-order valence-corrected chi connectivity index (χ0v) is 17.0. The van der Waals surface area contributed by atoms with Crippen molar-refractivity contribution in [2.45, 2.75) is 19.5 Å². The lowest BCUT2D eigenvalue weighted by Gasteiger charge is -2.38. The molecule has 7 nitrogen and oxygen atoms in total. The Balaban J connectivity index is 1.38. The summed E-state index contributed by atoms with van der Waals surface area (Å²) in [5.74, 6) is 1.64. The molecule has 4 heterocycles. The fourth-order valence-electron chi connectivity index (χ4n) is 3.97. The Morgan fingerprint density at radius 3 is 2.59 bits per heavy atom. The fraction of sp³-hybridized carbons (Fsp3) is 0.333. The highest BCUT2D eigenvalue weighted by Gasteiger charge is 2.33. The van der Waals surface area contributed by atoms with Crippen molar-refractivity contribution in [2.24, 2.45) is 0 Å². The van der Waals surface area contributed by atoms with E-state index in [9.17, 15) is 5.11 Å². The van der Waals surface area contributed by atoms with Gasteiger partial charge in [-0.3, -0.25) is 9.80 Å². The molecule has 0 bridgehead atoms. The quantitative estimate of drug-likeness (QED) is 0.545. The molecule has 0 spiro atoms. The normalized spacial score (nSPS) is 17.1. The van der Waals surface area contributed by atoms with Crippen molar-refractivity contribution in [3.05, 3.63) is 70.8 Å². The van der Waals surface area contributed by atoms with E-state index in [2.05, 4.69) is 50.2 Å². The first kappa shape index (κ1) is 18.4. The maximum Gasteiger partial charge on any atom is 0.230 e. The standard InChI is InChI=1S/C21H23N5O2S/c1-15-22-21-26(23-15)20(27)19(29-21)18(17-8-5-13-28-17)25-11-9-24(10-12-25)14-16-6-3-2-4-7-16/h2-8,13,18,27H,9-12,14H2,1H3. The van der Waals surface area contributed by atoms with E-state index in [-0.39, 0.29) is 11.9 Å². The molecular formula is C21H23N5O2S. The molecule has 5 rings (SSSR count). The van der Waals surface area contributed by atoms with E-state index in [1.165, 1.54) is 21.4 Å². The van der Waals surface area contributed by atoms with Crippen molar-refractivity contribution in [1.82, 2.24) is 24.4 Å². The summed E-state index contributed by atoms with van der Waals surface area (Å²) in [6.07, 6.45) is 1.69. The summed E-state index contributed by atoms with van der Waals surface area (Å²) in [6.45, 7) is 6.50. The maximum absolute atomic E-state index is 10.8. The van der Waals surface area contributed by atoms with Gasteiger partial charge in [0.15, 0.2) is 0 Å². The van der Waals surface area contributed by atoms with Gasteiger partial charge in [0.1, 0.15) is 17.6 Å². The molecule has 8 heteroatoms. The highest BCUT2D eigenvalue weighted by atomic mass is 32.1. The average molecular weight is 410 g/mol. The third-order valence-electron chi connectivity index (χ3n) is 5.39. The summed E-state index contributed by atoms with van der Waals surface area (Å²) in [5, 5.41) is 15.2. The van der Waals surface area contributed by atoms with Crippen LogP contribution < -0.4 is 0 Å². The Morgan fingerprint density at radius 2 is 1.90 bits per heavy atom. The molecule has 29 heavy (non-hydrogen) atoms. The van der Waals surface area contributed by atoms with Gasteiger partial charge >= 0.3 is 0 Å². The van der Waals surface area contributed by atoms with Gasteiger partial charge in [-0.25, -0.2) is 4.98 Å². The third kappa shape index (κ3) is 3.55. The lowest BCUT2D eigenvalue weighted by Crippen LogP contribution is -2.47. The molecule has 1 unspecified atom stereocenters. The Kier molecular flexibility index (Phi) is 4.83. The van der Waals surface area contributed by atoms with Crippen LogP contribution in [0.2, 0.25) is 0 Å². The van der Waals surface area contributed by atoms with Crippen LogP contribution in [0.4, 0.5) is 0 Å². The van der Waals surface area contributed by atoms with Crippen LogP contribution in [-0.4, -0.2) is 55.7 Å². The van der Waals surface area contributed by atoms with Crippen molar-refractivity contribution in [1.29, 1.82) is 0 Å². The number of aryl methyl sites for hydroxylation is 1. The zero-order valence-electron chi connectivity index (χ0n) is 16.2. The first-order valence-corrected chi connectivity index (χ1v) is 10.6.